The van der Waals surface area contributed by atoms with Crippen LogP contribution < -0.4 is 16.4 Å². The normalized spacial score (nSPS) is 10.2. The van der Waals surface area contributed by atoms with Crippen LogP contribution in [0.3, 0.4) is 0 Å². The number of aromatic nitrogens is 2. The standard InChI is InChI=1S/C13H14BrN5O2/c1-16-12(20)7-19-6-9(5-17-19)18-13(21)10-4-8(15)2-3-11(10)14/h2-6H,7,15H2,1H3,(H,16,20)(H,18,21). The Morgan fingerprint density at radius 1 is 1.43 bits per heavy atom. The lowest BCUT2D eigenvalue weighted by atomic mass is 10.2. The van der Waals surface area contributed by atoms with E-state index in [2.05, 4.69) is 31.7 Å². The summed E-state index contributed by atoms with van der Waals surface area (Å²) >= 11 is 3.30. The van der Waals surface area contributed by atoms with Crippen LogP contribution in [0.2, 0.25) is 0 Å². The Morgan fingerprint density at radius 3 is 2.90 bits per heavy atom. The van der Waals surface area contributed by atoms with E-state index in [1.807, 2.05) is 0 Å². The summed E-state index contributed by atoms with van der Waals surface area (Å²) in [5, 5.41) is 9.19. The summed E-state index contributed by atoms with van der Waals surface area (Å²) in [6.45, 7) is 0.0916. The molecule has 1 heterocycles. The third-order valence-corrected chi connectivity index (χ3v) is 3.40. The largest absolute Gasteiger partial charge is 0.399 e. The maximum Gasteiger partial charge on any atom is 0.256 e. The van der Waals surface area contributed by atoms with E-state index in [9.17, 15) is 9.59 Å². The van der Waals surface area contributed by atoms with Gasteiger partial charge in [0.25, 0.3) is 5.91 Å². The predicted molar refractivity (Wildman–Crippen MR) is 82.8 cm³/mol. The summed E-state index contributed by atoms with van der Waals surface area (Å²) in [5.41, 5.74) is 7.09. The first kappa shape index (κ1) is 15.0. The molecule has 0 bridgehead atoms. The third-order valence-electron chi connectivity index (χ3n) is 2.71. The summed E-state index contributed by atoms with van der Waals surface area (Å²) < 4.78 is 2.08. The average molecular weight is 352 g/mol. The van der Waals surface area contributed by atoms with Gasteiger partial charge in [-0.05, 0) is 34.1 Å². The van der Waals surface area contributed by atoms with E-state index in [1.54, 1.807) is 31.4 Å². The molecule has 0 saturated carbocycles. The molecule has 0 aliphatic heterocycles. The quantitative estimate of drug-likeness (QED) is 0.720. The number of likely N-dealkylation sites (N-methyl/N-ethyl adjacent to an activating group) is 1. The lowest BCUT2D eigenvalue weighted by molar-refractivity contribution is -0.121. The van der Waals surface area contributed by atoms with Crippen LogP contribution >= 0.6 is 15.9 Å². The molecule has 0 saturated heterocycles. The zero-order chi connectivity index (χ0) is 15.4. The molecule has 2 rings (SSSR count). The minimum absolute atomic E-state index is 0.0916. The number of rotatable bonds is 4. The van der Waals surface area contributed by atoms with Crippen molar-refractivity contribution < 1.29 is 9.59 Å². The van der Waals surface area contributed by atoms with Crippen molar-refractivity contribution in [3.63, 3.8) is 0 Å². The fraction of sp³-hybridized carbons (Fsp3) is 0.154. The van der Waals surface area contributed by atoms with E-state index in [4.69, 9.17) is 5.73 Å². The summed E-state index contributed by atoms with van der Waals surface area (Å²) in [6, 6.07) is 4.98. The van der Waals surface area contributed by atoms with E-state index in [0.717, 1.165) is 0 Å². The minimum Gasteiger partial charge on any atom is -0.399 e. The van der Waals surface area contributed by atoms with Gasteiger partial charge in [0.2, 0.25) is 5.91 Å². The van der Waals surface area contributed by atoms with Crippen molar-refractivity contribution in [3.8, 4) is 0 Å². The maximum absolute atomic E-state index is 12.2. The number of nitrogens with one attached hydrogen (secondary N) is 2. The van der Waals surface area contributed by atoms with Crippen molar-refractivity contribution in [2.45, 2.75) is 6.54 Å². The molecule has 0 spiro atoms. The van der Waals surface area contributed by atoms with Crippen molar-refractivity contribution >= 4 is 39.1 Å². The second kappa shape index (κ2) is 6.40. The van der Waals surface area contributed by atoms with Gasteiger partial charge in [0, 0.05) is 23.4 Å². The van der Waals surface area contributed by atoms with Gasteiger partial charge in [-0.2, -0.15) is 5.10 Å². The van der Waals surface area contributed by atoms with Crippen molar-refractivity contribution in [2.24, 2.45) is 0 Å². The fourth-order valence-corrected chi connectivity index (χ4v) is 2.08. The molecule has 0 radical (unpaired) electrons. The molecule has 4 N–H and O–H groups in total. The Hall–Kier alpha value is -2.35. The highest BCUT2D eigenvalue weighted by atomic mass is 79.9. The highest BCUT2D eigenvalue weighted by Crippen LogP contribution is 2.20. The SMILES string of the molecule is CNC(=O)Cn1cc(NC(=O)c2cc(N)ccc2Br)cn1. The molecule has 0 aliphatic rings. The lowest BCUT2D eigenvalue weighted by Gasteiger charge is -2.05. The first-order valence-corrected chi connectivity index (χ1v) is 6.88. The summed E-state index contributed by atoms with van der Waals surface area (Å²) in [7, 11) is 1.55. The van der Waals surface area contributed by atoms with Gasteiger partial charge in [-0.25, -0.2) is 0 Å². The van der Waals surface area contributed by atoms with E-state index < -0.39 is 0 Å². The molecule has 110 valence electrons. The molecule has 0 atom stereocenters. The van der Waals surface area contributed by atoms with E-state index in [0.29, 0.717) is 21.4 Å². The molecule has 0 fully saturated rings. The first-order chi connectivity index (χ1) is 9.99. The Morgan fingerprint density at radius 2 is 2.19 bits per heavy atom. The van der Waals surface area contributed by atoms with E-state index in [-0.39, 0.29) is 18.4 Å². The smallest absolute Gasteiger partial charge is 0.256 e. The number of nitrogen functional groups attached to an aromatic ring is 1. The fourth-order valence-electron chi connectivity index (χ4n) is 1.66. The first-order valence-electron chi connectivity index (χ1n) is 6.09. The Balaban J connectivity index is 2.09. The topological polar surface area (TPSA) is 102 Å². The molecular weight excluding hydrogens is 338 g/mol. The molecule has 1 aromatic carbocycles. The van der Waals surface area contributed by atoms with Crippen LogP contribution in [0.1, 0.15) is 10.4 Å². The van der Waals surface area contributed by atoms with Crippen LogP contribution in [0.5, 0.6) is 0 Å². The average Bonchev–Trinajstić information content (AvgIpc) is 2.88. The van der Waals surface area contributed by atoms with Crippen molar-refractivity contribution in [2.75, 3.05) is 18.1 Å². The summed E-state index contributed by atoms with van der Waals surface area (Å²) in [6.07, 6.45) is 3.05. The number of halogens is 1. The maximum atomic E-state index is 12.2. The molecule has 21 heavy (non-hydrogen) atoms. The number of benzene rings is 1. The van der Waals surface area contributed by atoms with Gasteiger partial charge in [-0.1, -0.05) is 0 Å². The van der Waals surface area contributed by atoms with Gasteiger partial charge in [0.15, 0.2) is 0 Å². The Labute approximate surface area is 129 Å². The second-order valence-electron chi connectivity index (χ2n) is 4.29. The van der Waals surface area contributed by atoms with Gasteiger partial charge in [-0.3, -0.25) is 14.3 Å². The van der Waals surface area contributed by atoms with Crippen LogP contribution in [0, 0.1) is 0 Å². The zero-order valence-electron chi connectivity index (χ0n) is 11.3. The van der Waals surface area contributed by atoms with Crippen LogP contribution in [0.25, 0.3) is 0 Å². The molecule has 0 unspecified atom stereocenters. The summed E-state index contributed by atoms with van der Waals surface area (Å²) in [4.78, 5) is 23.4. The number of carbonyl (C=O) groups is 2. The molecule has 2 amide bonds. The molecule has 0 aliphatic carbocycles. The molecular formula is C13H14BrN5O2. The van der Waals surface area contributed by atoms with Crippen molar-refractivity contribution in [1.29, 1.82) is 0 Å². The van der Waals surface area contributed by atoms with Gasteiger partial charge in [-0.15, -0.1) is 0 Å². The number of nitrogens with zero attached hydrogens (tertiary/aromatic N) is 2. The molecule has 1 aromatic heterocycles. The van der Waals surface area contributed by atoms with Crippen LogP contribution in [-0.4, -0.2) is 28.6 Å². The minimum atomic E-state index is -0.311. The van der Waals surface area contributed by atoms with Crippen molar-refractivity contribution in [3.05, 3.63) is 40.6 Å². The van der Waals surface area contributed by atoms with Crippen LogP contribution in [0.4, 0.5) is 11.4 Å². The molecule has 8 heteroatoms. The Kier molecular flexibility index (Phi) is 4.59. The number of anilines is 2. The number of nitrogens with two attached hydrogens (primary N) is 1. The third kappa shape index (κ3) is 3.82. The van der Waals surface area contributed by atoms with E-state index >= 15 is 0 Å². The zero-order valence-corrected chi connectivity index (χ0v) is 12.8. The van der Waals surface area contributed by atoms with Crippen molar-refractivity contribution in [1.82, 2.24) is 15.1 Å². The van der Waals surface area contributed by atoms with E-state index in [1.165, 1.54) is 10.9 Å². The highest BCUT2D eigenvalue weighted by Gasteiger charge is 2.12. The molecule has 2 aromatic rings. The van der Waals surface area contributed by atoms with Gasteiger partial charge >= 0.3 is 0 Å². The van der Waals surface area contributed by atoms with Gasteiger partial charge in [0.05, 0.1) is 17.4 Å². The predicted octanol–water partition coefficient (Wildman–Crippen LogP) is 1.23. The lowest BCUT2D eigenvalue weighted by Crippen LogP contribution is -2.23. The number of hydrogen-bond acceptors (Lipinski definition) is 4. The Bertz CT molecular complexity index is 683. The van der Waals surface area contributed by atoms with Gasteiger partial charge < -0.3 is 16.4 Å². The second-order valence-corrected chi connectivity index (χ2v) is 5.15. The number of amides is 2. The number of carbonyl (C=O) groups excluding carboxylic acids is 2. The number of hydrogen-bond donors (Lipinski definition) is 3. The molecule has 7 nitrogen and oxygen atoms in total. The van der Waals surface area contributed by atoms with Crippen LogP contribution in [-0.2, 0) is 11.3 Å². The van der Waals surface area contributed by atoms with Gasteiger partial charge in [0.1, 0.15) is 6.54 Å². The highest BCUT2D eigenvalue weighted by molar-refractivity contribution is 9.10. The monoisotopic (exact) mass is 351 g/mol. The van der Waals surface area contributed by atoms with Crippen LogP contribution in [0.15, 0.2) is 35.1 Å². The summed E-state index contributed by atoms with van der Waals surface area (Å²) in [5.74, 6) is -0.483.